The van der Waals surface area contributed by atoms with Gasteiger partial charge in [-0.2, -0.15) is 11.8 Å². The van der Waals surface area contributed by atoms with Crippen LogP contribution in [0.2, 0.25) is 0 Å². The number of carboxylic acids is 2. The maximum atomic E-state index is 14.9. The molecule has 0 spiro atoms. The standard InChI is InChI=1S/C81H146N26O24S/c1-11-42(5)63(79(130)101-52(28-30-59(87)111)69(120)93-45(8)67(118)105-62(41(3)4)78(129)100-50(25-17-20-35-84)72(123)103-55(65(88)116)38-61(114)115)107-75(126)53(29-31-60(112)113)99-71(122)49(24-16-19-34-83)96-73(124)54(32-37-132-10)102-80(131)64(43(6)12-2)106-74(125)51(26-21-36-91-81(89)90)97-70(121)48(23-15-18-33-82)95-66(117)44(7)92-68(119)47(22-13-14-27-58(85)86)98-77(128)57(40-109)104-76(127)56(39-108)94-46(9)110/h41-45,47-57,62-64,108-109H,11-40,82-84H2,1-10H3,(H3,85,86)(H2,87,111)(H2,88,116)(H,92,119)(H,93,120)(H,94,110)(H,95,117)(H,96,124)(H,97,121)(H,98,128)(H,99,122)(H,100,129)(H,101,130)(H,102,131)(H,103,123)(H,104,127)(H,105,118)(H,106,125)(H,107,126)(H,112,113)(H,114,115)(H4,89,90,91)/t42-,43-,44-,45-,47-,48-,49-,50-,51-,52-,53-,54-,55-,56-,57-,62-,63-,64-/m0/s1. The summed E-state index contributed by atoms with van der Waals surface area (Å²) < 4.78 is 0. The summed E-state index contributed by atoms with van der Waals surface area (Å²) in [4.78, 5) is 276. The first-order valence-corrected chi connectivity index (χ1v) is 45.5. The lowest BCUT2D eigenvalue weighted by Gasteiger charge is -2.30. The van der Waals surface area contributed by atoms with Gasteiger partial charge >= 0.3 is 11.9 Å². The number of hydrogen-bond donors (Lipinski definition) is 29. The van der Waals surface area contributed by atoms with E-state index in [0.29, 0.717) is 12.8 Å². The lowest BCUT2D eigenvalue weighted by Crippen LogP contribution is -2.62. The van der Waals surface area contributed by atoms with Crippen LogP contribution < -0.4 is 131 Å². The number of carbonyl (C=O) groups is 20. The number of guanidine groups is 1. The van der Waals surface area contributed by atoms with Crippen LogP contribution in [0.5, 0.6) is 0 Å². The number of carbonyl (C=O) groups excluding carboxylic acids is 18. The number of aliphatic hydroxyl groups is 2. The largest absolute Gasteiger partial charge is 0.481 e. The fraction of sp³-hybridized carbons (Fsp3) is 0.728. The monoisotopic (exact) mass is 1900 g/mol. The molecule has 0 unspecified atom stereocenters. The van der Waals surface area contributed by atoms with Crippen molar-refractivity contribution in [2.45, 2.75) is 307 Å². The molecule has 0 rings (SSSR count). The summed E-state index contributed by atoms with van der Waals surface area (Å²) in [7, 11) is 0. The molecule has 0 aromatic carbocycles. The number of carboxylic acid groups (broad SMARTS) is 2. The molecule has 51 heteroatoms. The molecular weight excluding hydrogens is 1750 g/mol. The lowest BCUT2D eigenvalue weighted by molar-refractivity contribution is -0.141. The van der Waals surface area contributed by atoms with E-state index in [-0.39, 0.29) is 146 Å². The number of aliphatic hydroxyl groups excluding tert-OH is 2. The van der Waals surface area contributed by atoms with Gasteiger partial charge < -0.3 is 151 Å². The first-order chi connectivity index (χ1) is 62.1. The van der Waals surface area contributed by atoms with Crippen LogP contribution in [0.3, 0.4) is 0 Å². The number of hydrogen-bond acceptors (Lipinski definition) is 28. The normalized spacial score (nSPS) is 15.2. The first kappa shape index (κ1) is 120. The summed E-state index contributed by atoms with van der Waals surface area (Å²) in [6.45, 7) is 11.6. The summed E-state index contributed by atoms with van der Waals surface area (Å²) in [5.74, 6) is -23.2. The third-order valence-corrected chi connectivity index (χ3v) is 21.7. The third kappa shape index (κ3) is 48.4. The van der Waals surface area contributed by atoms with Crippen molar-refractivity contribution in [3.63, 3.8) is 0 Å². The van der Waals surface area contributed by atoms with Crippen LogP contribution in [-0.4, -0.2) is 299 Å². The van der Waals surface area contributed by atoms with Crippen LogP contribution in [-0.2, 0) is 95.9 Å². The molecule has 18 amide bonds. The smallest absolute Gasteiger partial charge is 0.305 e. The van der Waals surface area contributed by atoms with Crippen molar-refractivity contribution in [1.82, 2.24) is 85.1 Å². The molecule has 0 aromatic heterocycles. The van der Waals surface area contributed by atoms with E-state index in [1.807, 2.05) is 0 Å². The van der Waals surface area contributed by atoms with Crippen LogP contribution >= 0.6 is 11.8 Å². The molecule has 0 bridgehead atoms. The second kappa shape index (κ2) is 65.8. The molecule has 750 valence electrons. The highest BCUT2D eigenvalue weighted by molar-refractivity contribution is 7.98. The second-order valence-electron chi connectivity index (χ2n) is 32.5. The number of nitrogens with zero attached hydrogens (tertiary/aromatic N) is 1. The Labute approximate surface area is 772 Å². The van der Waals surface area contributed by atoms with Gasteiger partial charge in [0.2, 0.25) is 106 Å². The van der Waals surface area contributed by atoms with Gasteiger partial charge in [0.1, 0.15) is 96.7 Å². The molecule has 0 fully saturated rings. The number of aliphatic imine (C=N–C) groups is 1. The molecular formula is C81H146N26O24S. The summed E-state index contributed by atoms with van der Waals surface area (Å²) in [5, 5.41) is 86.3. The zero-order chi connectivity index (χ0) is 101. The quantitative estimate of drug-likeness (QED) is 0.0153. The van der Waals surface area contributed by atoms with Crippen molar-refractivity contribution in [1.29, 1.82) is 5.41 Å². The molecule has 0 aromatic rings. The SMILES string of the molecule is CC[C@H](C)[C@H](NC(=O)[C@H](CCC(=O)O)NC(=O)[C@H](CCCCN)NC(=O)[C@H](CCSC)NC(=O)[C@@H](NC(=O)[C@H](CCCN=C(N)N)NC(=O)[C@H](CCCCN)NC(=O)[C@H](C)NC(=O)[C@H](CCCCC(=N)N)NC(=O)[C@H](CO)NC(=O)[C@H](CO)NC(C)=O)[C@@H](C)CC)C(=O)N[C@@H](CCC(N)=O)C(=O)N[C@@H](C)C(=O)N[C@H](C(=O)N[C@@H](CCCCN)C(=O)N[C@@H](CC(=O)O)C(N)=O)C(C)C. The van der Waals surface area contributed by atoms with Gasteiger partial charge in [-0.3, -0.25) is 106 Å². The van der Waals surface area contributed by atoms with Gasteiger partial charge in [0.05, 0.1) is 25.5 Å². The number of primary amides is 2. The Balaban J connectivity index is 7.39. The molecule has 0 aliphatic heterocycles. The summed E-state index contributed by atoms with van der Waals surface area (Å²) in [6.07, 6.45) is 0.300. The fourth-order valence-corrected chi connectivity index (χ4v) is 13.3. The Morgan fingerprint density at radius 2 is 0.644 bits per heavy atom. The molecule has 132 heavy (non-hydrogen) atoms. The van der Waals surface area contributed by atoms with Gasteiger partial charge in [-0.15, -0.1) is 0 Å². The molecule has 18 atom stereocenters. The molecule has 0 radical (unpaired) electrons. The van der Waals surface area contributed by atoms with Gasteiger partial charge in [0, 0.05) is 32.7 Å². The van der Waals surface area contributed by atoms with E-state index in [9.17, 15) is 116 Å². The number of aliphatic carboxylic acids is 2. The molecule has 37 N–H and O–H groups in total. The van der Waals surface area contributed by atoms with Crippen molar-refractivity contribution in [2.75, 3.05) is 51.4 Å². The topological polar surface area (TPSA) is 859 Å². The number of nitrogens with one attached hydrogen (secondary N) is 17. The summed E-state index contributed by atoms with van der Waals surface area (Å²) in [6, 6.07) is -24.7. The van der Waals surface area contributed by atoms with E-state index in [4.69, 9.17) is 51.3 Å². The fourth-order valence-electron chi connectivity index (χ4n) is 12.8. The Bertz CT molecular complexity index is 3850. The van der Waals surface area contributed by atoms with Crippen LogP contribution in [0.4, 0.5) is 0 Å². The van der Waals surface area contributed by atoms with E-state index < -0.39 is 278 Å². The summed E-state index contributed by atoms with van der Waals surface area (Å²) >= 11 is 1.27. The maximum Gasteiger partial charge on any atom is 0.305 e. The minimum Gasteiger partial charge on any atom is -0.481 e. The maximum absolute atomic E-state index is 14.9. The van der Waals surface area contributed by atoms with E-state index in [2.05, 4.69) is 90.1 Å². The third-order valence-electron chi connectivity index (χ3n) is 21.0. The van der Waals surface area contributed by atoms with Gasteiger partial charge in [-0.1, -0.05) is 60.8 Å². The number of amides is 18. The highest BCUT2D eigenvalue weighted by atomic mass is 32.2. The average Bonchev–Trinajstić information content (AvgIpc) is 0.847. The Morgan fingerprint density at radius 1 is 0.341 bits per heavy atom. The van der Waals surface area contributed by atoms with Crippen molar-refractivity contribution >= 4 is 142 Å². The predicted molar refractivity (Wildman–Crippen MR) is 485 cm³/mol. The number of unbranched alkanes of at least 4 members (excludes halogenated alkanes) is 4. The zero-order valence-electron chi connectivity index (χ0n) is 77.1. The van der Waals surface area contributed by atoms with Crippen molar-refractivity contribution in [2.24, 2.45) is 68.6 Å². The van der Waals surface area contributed by atoms with Gasteiger partial charge in [-0.25, -0.2) is 0 Å². The first-order valence-electron chi connectivity index (χ1n) is 44.2. The van der Waals surface area contributed by atoms with E-state index in [1.54, 1.807) is 27.0 Å². The average molecular weight is 1900 g/mol. The van der Waals surface area contributed by atoms with Crippen molar-refractivity contribution in [3.05, 3.63) is 0 Å². The predicted octanol–water partition coefficient (Wildman–Crippen LogP) is -8.68. The molecule has 0 aliphatic rings. The van der Waals surface area contributed by atoms with Crippen molar-refractivity contribution in [3.8, 4) is 0 Å². The van der Waals surface area contributed by atoms with Crippen LogP contribution in [0.1, 0.15) is 210 Å². The highest BCUT2D eigenvalue weighted by Crippen LogP contribution is 2.18. The Kier molecular flexibility index (Phi) is 59.9. The number of nitrogens with two attached hydrogens (primary N) is 8. The number of amidine groups is 1. The van der Waals surface area contributed by atoms with Crippen molar-refractivity contribution < 1.29 is 116 Å². The van der Waals surface area contributed by atoms with E-state index >= 15 is 0 Å². The number of thioether (sulfide) groups is 1. The summed E-state index contributed by atoms with van der Waals surface area (Å²) in [5.41, 5.74) is 44.9. The Morgan fingerprint density at radius 3 is 0.977 bits per heavy atom. The van der Waals surface area contributed by atoms with Gasteiger partial charge in [0.15, 0.2) is 5.96 Å². The van der Waals surface area contributed by atoms with Crippen LogP contribution in [0.25, 0.3) is 0 Å². The molecule has 0 heterocycles. The molecule has 50 nitrogen and oxygen atoms in total. The number of rotatable bonds is 71. The molecule has 0 saturated carbocycles. The minimum absolute atomic E-state index is 0.0296. The second-order valence-corrected chi connectivity index (χ2v) is 33.4. The molecule has 0 saturated heterocycles. The highest BCUT2D eigenvalue weighted by Gasteiger charge is 2.40. The van der Waals surface area contributed by atoms with E-state index in [1.165, 1.54) is 46.4 Å². The van der Waals surface area contributed by atoms with Crippen LogP contribution in [0.15, 0.2) is 4.99 Å². The van der Waals surface area contributed by atoms with Gasteiger partial charge in [-0.05, 0) is 166 Å². The van der Waals surface area contributed by atoms with Gasteiger partial charge in [0.25, 0.3) is 0 Å². The zero-order valence-corrected chi connectivity index (χ0v) is 77.9. The van der Waals surface area contributed by atoms with E-state index in [0.717, 1.165) is 6.92 Å². The Hall–Kier alpha value is -11.7. The molecule has 0 aliphatic carbocycles. The minimum atomic E-state index is -1.78. The lowest BCUT2D eigenvalue weighted by atomic mass is 9.96. The van der Waals surface area contributed by atoms with Crippen LogP contribution in [0, 0.1) is 23.2 Å².